The van der Waals surface area contributed by atoms with E-state index in [9.17, 15) is 9.59 Å². The number of ether oxygens (including phenoxy) is 1. The van der Waals surface area contributed by atoms with Gasteiger partial charge in [-0.25, -0.2) is 0 Å². The first-order valence-corrected chi connectivity index (χ1v) is 9.72. The molecule has 0 heterocycles. The number of hydrogen-bond donors (Lipinski definition) is 0. The molecule has 0 radical (unpaired) electrons. The predicted octanol–water partition coefficient (Wildman–Crippen LogP) is 4.31. The second kappa shape index (κ2) is 5.44. The Morgan fingerprint density at radius 3 is 2.71 bits per heavy atom. The maximum absolute atomic E-state index is 12.4. The van der Waals surface area contributed by atoms with E-state index in [0.29, 0.717) is 17.8 Å². The maximum Gasteiger partial charge on any atom is 0.316 e. The van der Waals surface area contributed by atoms with E-state index in [1.165, 1.54) is 51.2 Å². The number of carbonyl (C=O) groups is 2. The van der Waals surface area contributed by atoms with Crippen molar-refractivity contribution >= 4 is 11.8 Å². The molecule has 3 saturated carbocycles. The van der Waals surface area contributed by atoms with Crippen LogP contribution in [0.4, 0.5) is 0 Å². The normalized spacial score (nSPS) is 47.3. The Balaban J connectivity index is 1.68. The van der Waals surface area contributed by atoms with Crippen molar-refractivity contribution in [1.29, 1.82) is 0 Å². The number of hydrogen-bond acceptors (Lipinski definition) is 3. The number of fused-ring (bicyclic) bond motifs is 5. The van der Waals surface area contributed by atoms with Crippen LogP contribution in [0.5, 0.6) is 0 Å². The molecule has 3 fully saturated rings. The summed E-state index contributed by atoms with van der Waals surface area (Å²) in [4.78, 5) is 24.5. The van der Waals surface area contributed by atoms with Crippen LogP contribution in [0.2, 0.25) is 0 Å². The van der Waals surface area contributed by atoms with Gasteiger partial charge < -0.3 is 4.74 Å². The van der Waals surface area contributed by atoms with E-state index >= 15 is 0 Å². The Morgan fingerprint density at radius 1 is 1.17 bits per heavy atom. The predicted molar refractivity (Wildman–Crippen MR) is 92.2 cm³/mol. The lowest BCUT2D eigenvalue weighted by Crippen LogP contribution is -2.51. The summed E-state index contributed by atoms with van der Waals surface area (Å²) in [5, 5.41) is 0. The Kier molecular flexibility index (Phi) is 3.71. The van der Waals surface area contributed by atoms with Gasteiger partial charge in [-0.05, 0) is 79.6 Å². The summed E-state index contributed by atoms with van der Waals surface area (Å²) in [5.74, 6) is 1.30. The summed E-state index contributed by atoms with van der Waals surface area (Å²) in [6, 6.07) is 0. The summed E-state index contributed by atoms with van der Waals surface area (Å²) in [6.45, 7) is 4.84. The quantitative estimate of drug-likeness (QED) is 0.531. The van der Waals surface area contributed by atoms with Crippen LogP contribution in [0, 0.1) is 34.5 Å². The minimum atomic E-state index is -0.584. The van der Waals surface area contributed by atoms with Gasteiger partial charge in [0.1, 0.15) is 5.92 Å². The van der Waals surface area contributed by atoms with Gasteiger partial charge in [0.25, 0.3) is 0 Å². The lowest BCUT2D eigenvalue weighted by atomic mass is 9.47. The molecule has 24 heavy (non-hydrogen) atoms. The van der Waals surface area contributed by atoms with Gasteiger partial charge in [0.15, 0.2) is 5.78 Å². The average Bonchev–Trinajstić information content (AvgIpc) is 2.96. The van der Waals surface area contributed by atoms with E-state index in [4.69, 9.17) is 4.74 Å². The molecule has 0 spiro atoms. The van der Waals surface area contributed by atoms with E-state index in [1.54, 1.807) is 0 Å². The molecular formula is C21H30O3. The number of methoxy groups -OCH3 is 1. The number of esters is 1. The summed E-state index contributed by atoms with van der Waals surface area (Å²) in [5.41, 5.74) is 1.88. The Morgan fingerprint density at radius 2 is 1.96 bits per heavy atom. The lowest BCUT2D eigenvalue weighted by Gasteiger charge is -2.57. The molecule has 0 saturated heterocycles. The van der Waals surface area contributed by atoms with E-state index < -0.39 is 5.92 Å². The van der Waals surface area contributed by atoms with Crippen molar-refractivity contribution in [2.45, 2.75) is 65.2 Å². The van der Waals surface area contributed by atoms with Crippen LogP contribution >= 0.6 is 0 Å². The van der Waals surface area contributed by atoms with Crippen LogP contribution in [0.15, 0.2) is 11.6 Å². The topological polar surface area (TPSA) is 43.4 Å². The van der Waals surface area contributed by atoms with Crippen LogP contribution in [0.25, 0.3) is 0 Å². The van der Waals surface area contributed by atoms with Gasteiger partial charge in [-0.1, -0.05) is 25.8 Å². The summed E-state index contributed by atoms with van der Waals surface area (Å²) in [6.07, 6.45) is 11.5. The highest BCUT2D eigenvalue weighted by Crippen LogP contribution is 2.65. The zero-order valence-corrected chi connectivity index (χ0v) is 15.3. The average molecular weight is 330 g/mol. The molecule has 3 heteroatoms. The first-order chi connectivity index (χ1) is 11.4. The molecule has 0 aromatic carbocycles. The second-order valence-corrected chi connectivity index (χ2v) is 9.27. The van der Waals surface area contributed by atoms with Gasteiger partial charge >= 0.3 is 5.97 Å². The molecule has 4 aliphatic carbocycles. The first-order valence-electron chi connectivity index (χ1n) is 9.72. The van der Waals surface area contributed by atoms with Crippen LogP contribution < -0.4 is 0 Å². The molecule has 4 rings (SSSR count). The fraction of sp³-hybridized carbons (Fsp3) is 0.810. The van der Waals surface area contributed by atoms with Crippen LogP contribution in [-0.2, 0) is 14.3 Å². The monoisotopic (exact) mass is 330 g/mol. The molecule has 1 unspecified atom stereocenters. The van der Waals surface area contributed by atoms with Gasteiger partial charge in [0, 0.05) is 0 Å². The zero-order valence-electron chi connectivity index (χ0n) is 15.3. The SMILES string of the molecule is COC(=O)C1C[C@@]2(C)C(=CC1=O)CC[C@@H]1[C@H]2CC[C@]2(C)CCC[C@@H]12. The van der Waals surface area contributed by atoms with Crippen molar-refractivity contribution in [1.82, 2.24) is 0 Å². The number of ketones is 1. The smallest absolute Gasteiger partial charge is 0.316 e. The van der Waals surface area contributed by atoms with Crippen molar-refractivity contribution in [2.24, 2.45) is 34.5 Å². The van der Waals surface area contributed by atoms with Crippen LogP contribution in [0.3, 0.4) is 0 Å². The van der Waals surface area contributed by atoms with Crippen molar-refractivity contribution in [2.75, 3.05) is 7.11 Å². The minimum absolute atomic E-state index is 0.0135. The third kappa shape index (κ3) is 2.16. The highest BCUT2D eigenvalue weighted by atomic mass is 16.5. The third-order valence-corrected chi connectivity index (χ3v) is 8.29. The maximum atomic E-state index is 12.4. The van der Waals surface area contributed by atoms with Crippen LogP contribution in [0.1, 0.15) is 65.2 Å². The molecule has 0 aromatic heterocycles. The largest absolute Gasteiger partial charge is 0.468 e. The van der Waals surface area contributed by atoms with Crippen LogP contribution in [-0.4, -0.2) is 18.9 Å². The van der Waals surface area contributed by atoms with Gasteiger partial charge in [0.05, 0.1) is 7.11 Å². The van der Waals surface area contributed by atoms with Crippen molar-refractivity contribution in [3.05, 3.63) is 11.6 Å². The summed E-state index contributed by atoms with van der Waals surface area (Å²) < 4.78 is 4.92. The Hall–Kier alpha value is -1.12. The molecular weight excluding hydrogens is 300 g/mol. The standard InChI is InChI=1S/C21H30O3/c1-20-9-4-5-16(20)14-7-6-13-11-18(22)15(19(23)24-3)12-21(13,2)17(14)8-10-20/h11,14-17H,4-10,12H2,1-3H3/t14-,15?,16-,17+,20-,21-/m0/s1. The van der Waals surface area contributed by atoms with Crippen molar-refractivity contribution in [3.63, 3.8) is 0 Å². The van der Waals surface area contributed by atoms with Gasteiger partial charge in [-0.3, -0.25) is 9.59 Å². The minimum Gasteiger partial charge on any atom is -0.468 e. The third-order valence-electron chi connectivity index (χ3n) is 8.29. The molecule has 0 bridgehead atoms. The van der Waals surface area contributed by atoms with Gasteiger partial charge in [-0.15, -0.1) is 0 Å². The number of allylic oxidation sites excluding steroid dienone is 1. The van der Waals surface area contributed by atoms with Crippen molar-refractivity contribution in [3.8, 4) is 0 Å². The molecule has 132 valence electrons. The molecule has 0 aliphatic heterocycles. The highest BCUT2D eigenvalue weighted by Gasteiger charge is 2.57. The first kappa shape index (κ1) is 16.4. The molecule has 4 aliphatic rings. The Labute approximate surface area is 145 Å². The van der Waals surface area contributed by atoms with Gasteiger partial charge in [0.2, 0.25) is 0 Å². The highest BCUT2D eigenvalue weighted by molar-refractivity contribution is 6.06. The number of rotatable bonds is 1. The zero-order chi connectivity index (χ0) is 17.1. The molecule has 6 atom stereocenters. The molecule has 0 N–H and O–H groups in total. The van der Waals surface area contributed by atoms with E-state index in [0.717, 1.165) is 18.3 Å². The fourth-order valence-corrected chi connectivity index (χ4v) is 6.98. The number of carbonyl (C=O) groups excluding carboxylic acids is 2. The summed E-state index contributed by atoms with van der Waals surface area (Å²) >= 11 is 0. The van der Waals surface area contributed by atoms with Gasteiger partial charge in [-0.2, -0.15) is 0 Å². The molecule has 0 aromatic rings. The summed E-state index contributed by atoms with van der Waals surface area (Å²) in [7, 11) is 1.39. The molecule has 3 nitrogen and oxygen atoms in total. The van der Waals surface area contributed by atoms with Crippen molar-refractivity contribution < 1.29 is 14.3 Å². The fourth-order valence-electron chi connectivity index (χ4n) is 6.98. The van der Waals surface area contributed by atoms with E-state index in [-0.39, 0.29) is 17.2 Å². The second-order valence-electron chi connectivity index (χ2n) is 9.27. The Bertz CT molecular complexity index is 606. The van der Waals surface area contributed by atoms with E-state index in [2.05, 4.69) is 13.8 Å². The van der Waals surface area contributed by atoms with E-state index in [1.807, 2.05) is 6.08 Å². The molecule has 0 amide bonds. The lowest BCUT2D eigenvalue weighted by molar-refractivity contribution is -0.151.